The molecular formula is C12H8Cl2N2O. The molecule has 0 unspecified atom stereocenters. The number of ketones is 1. The number of halogens is 2. The minimum atomic E-state index is -1.86. The number of Topliss-reactive ketones (excluding diaryl/α,β-unsaturated/α-hetero) is 1. The number of hydrogen-bond donors (Lipinski definition) is 0. The zero-order chi connectivity index (χ0) is 12.9. The fraction of sp³-hybridized carbons (Fsp3) is 0.250. The van der Waals surface area contributed by atoms with Gasteiger partial charge in [0.05, 0.1) is 0 Å². The first kappa shape index (κ1) is 13.5. The van der Waals surface area contributed by atoms with Crippen LogP contribution < -0.4 is 0 Å². The Labute approximate surface area is 109 Å². The topological polar surface area (TPSA) is 64.7 Å². The Morgan fingerprint density at radius 3 is 2.18 bits per heavy atom. The molecule has 0 N–H and O–H groups in total. The van der Waals surface area contributed by atoms with E-state index in [1.807, 2.05) is 24.3 Å². The SMILES string of the molecule is N#CC(Cl)(Cl)C#N.O=C1CCc2ccccc21. The van der Waals surface area contributed by atoms with Crippen LogP contribution in [-0.2, 0) is 6.42 Å². The second kappa shape index (κ2) is 5.68. The number of hydrogen-bond acceptors (Lipinski definition) is 3. The lowest BCUT2D eigenvalue weighted by Gasteiger charge is -1.92. The highest BCUT2D eigenvalue weighted by Crippen LogP contribution is 2.20. The maximum atomic E-state index is 11.1. The van der Waals surface area contributed by atoms with Gasteiger partial charge in [-0.15, -0.1) is 0 Å². The molecule has 5 heteroatoms. The zero-order valence-corrected chi connectivity index (χ0v) is 10.3. The normalized spacial score (nSPS) is 12.8. The number of nitriles is 2. The van der Waals surface area contributed by atoms with E-state index in [1.165, 1.54) is 17.7 Å². The number of nitrogens with zero attached hydrogens (tertiary/aromatic N) is 2. The summed E-state index contributed by atoms with van der Waals surface area (Å²) in [7, 11) is 0. The van der Waals surface area contributed by atoms with Crippen molar-refractivity contribution in [3.8, 4) is 12.1 Å². The maximum Gasteiger partial charge on any atom is 0.289 e. The smallest absolute Gasteiger partial charge is 0.289 e. The molecule has 0 amide bonds. The van der Waals surface area contributed by atoms with Crippen molar-refractivity contribution in [2.24, 2.45) is 0 Å². The number of benzene rings is 1. The van der Waals surface area contributed by atoms with Crippen LogP contribution in [0.2, 0.25) is 0 Å². The first-order chi connectivity index (χ1) is 8.00. The zero-order valence-electron chi connectivity index (χ0n) is 8.78. The highest BCUT2D eigenvalue weighted by Gasteiger charge is 2.20. The van der Waals surface area contributed by atoms with E-state index < -0.39 is 4.33 Å². The molecule has 1 aliphatic rings. The summed E-state index contributed by atoms with van der Waals surface area (Å²) >= 11 is 9.90. The maximum absolute atomic E-state index is 11.1. The molecule has 2 rings (SSSR count). The van der Waals surface area contributed by atoms with Crippen molar-refractivity contribution in [3.63, 3.8) is 0 Å². The van der Waals surface area contributed by atoms with E-state index in [1.54, 1.807) is 0 Å². The van der Waals surface area contributed by atoms with Crippen LogP contribution in [0.15, 0.2) is 24.3 Å². The van der Waals surface area contributed by atoms with Gasteiger partial charge in [0.2, 0.25) is 0 Å². The van der Waals surface area contributed by atoms with Crippen LogP contribution in [0.5, 0.6) is 0 Å². The third kappa shape index (κ3) is 3.75. The molecule has 0 saturated heterocycles. The Hall–Kier alpha value is -1.55. The van der Waals surface area contributed by atoms with Crippen LogP contribution >= 0.6 is 23.2 Å². The van der Waals surface area contributed by atoms with Crippen molar-refractivity contribution in [2.45, 2.75) is 17.2 Å². The van der Waals surface area contributed by atoms with E-state index in [2.05, 4.69) is 0 Å². The summed E-state index contributed by atoms with van der Waals surface area (Å²) in [4.78, 5) is 11.1. The second-order valence-corrected chi connectivity index (χ2v) is 4.71. The van der Waals surface area contributed by atoms with Crippen LogP contribution in [0.1, 0.15) is 22.3 Å². The number of carbonyl (C=O) groups excluding carboxylic acids is 1. The molecule has 86 valence electrons. The first-order valence-corrected chi connectivity index (χ1v) is 5.57. The number of aryl methyl sites for hydroxylation is 1. The van der Waals surface area contributed by atoms with Crippen molar-refractivity contribution in [3.05, 3.63) is 35.4 Å². The first-order valence-electron chi connectivity index (χ1n) is 4.81. The monoisotopic (exact) mass is 266 g/mol. The lowest BCUT2D eigenvalue weighted by Crippen LogP contribution is -2.02. The van der Waals surface area contributed by atoms with Gasteiger partial charge in [0.1, 0.15) is 12.1 Å². The molecule has 3 nitrogen and oxygen atoms in total. The molecule has 0 aromatic heterocycles. The van der Waals surface area contributed by atoms with Gasteiger partial charge in [-0.1, -0.05) is 47.5 Å². The fourth-order valence-electron chi connectivity index (χ4n) is 1.42. The van der Waals surface area contributed by atoms with Gasteiger partial charge in [0, 0.05) is 12.0 Å². The van der Waals surface area contributed by atoms with Crippen molar-refractivity contribution >= 4 is 29.0 Å². The van der Waals surface area contributed by atoms with Gasteiger partial charge in [0.15, 0.2) is 5.78 Å². The molecule has 1 aromatic carbocycles. The average molecular weight is 267 g/mol. The van der Waals surface area contributed by atoms with Crippen LogP contribution in [0.25, 0.3) is 0 Å². The minimum Gasteiger partial charge on any atom is -0.294 e. The predicted molar refractivity (Wildman–Crippen MR) is 64.8 cm³/mol. The second-order valence-electron chi connectivity index (χ2n) is 3.38. The quantitative estimate of drug-likeness (QED) is 0.678. The number of alkyl halides is 2. The van der Waals surface area contributed by atoms with E-state index in [-0.39, 0.29) is 0 Å². The van der Waals surface area contributed by atoms with Crippen LogP contribution in [0.3, 0.4) is 0 Å². The van der Waals surface area contributed by atoms with Gasteiger partial charge in [-0.3, -0.25) is 4.79 Å². The highest BCUT2D eigenvalue weighted by molar-refractivity contribution is 6.52. The molecule has 0 heterocycles. The lowest BCUT2D eigenvalue weighted by molar-refractivity contribution is 0.0994. The summed E-state index contributed by atoms with van der Waals surface area (Å²) in [6, 6.07) is 10.6. The van der Waals surface area contributed by atoms with E-state index >= 15 is 0 Å². The van der Waals surface area contributed by atoms with E-state index in [0.717, 1.165) is 12.0 Å². The van der Waals surface area contributed by atoms with Crippen LogP contribution in [0, 0.1) is 22.7 Å². The molecule has 0 radical (unpaired) electrons. The molecule has 0 aliphatic heterocycles. The summed E-state index contributed by atoms with van der Waals surface area (Å²) in [6.07, 6.45) is 1.65. The Kier molecular flexibility index (Phi) is 4.52. The van der Waals surface area contributed by atoms with Gasteiger partial charge in [-0.25, -0.2) is 0 Å². The number of rotatable bonds is 0. The van der Waals surface area contributed by atoms with Gasteiger partial charge in [0.25, 0.3) is 4.33 Å². The molecule has 1 aromatic rings. The number of carbonyl (C=O) groups is 1. The van der Waals surface area contributed by atoms with Crippen LogP contribution in [-0.4, -0.2) is 10.1 Å². The van der Waals surface area contributed by atoms with E-state index in [0.29, 0.717) is 12.2 Å². The molecule has 0 saturated carbocycles. The van der Waals surface area contributed by atoms with Crippen molar-refractivity contribution < 1.29 is 4.79 Å². The Morgan fingerprint density at radius 1 is 1.12 bits per heavy atom. The summed E-state index contributed by atoms with van der Waals surface area (Å²) in [5, 5.41) is 15.7. The van der Waals surface area contributed by atoms with E-state index in [4.69, 9.17) is 33.7 Å². The van der Waals surface area contributed by atoms with Crippen molar-refractivity contribution in [2.75, 3.05) is 0 Å². The molecule has 0 fully saturated rings. The van der Waals surface area contributed by atoms with Crippen LogP contribution in [0.4, 0.5) is 0 Å². The predicted octanol–water partition coefficient (Wildman–Crippen LogP) is 3.02. The summed E-state index contributed by atoms with van der Waals surface area (Å²) in [5.74, 6) is 0.301. The average Bonchev–Trinajstić information content (AvgIpc) is 2.73. The number of fused-ring (bicyclic) bond motifs is 1. The summed E-state index contributed by atoms with van der Waals surface area (Å²) < 4.78 is -1.86. The Morgan fingerprint density at radius 2 is 1.71 bits per heavy atom. The van der Waals surface area contributed by atoms with E-state index in [9.17, 15) is 4.79 Å². The standard InChI is InChI=1S/C9H8O.C3Cl2N2/c10-9-6-5-7-3-1-2-4-8(7)9;4-3(5,1-6)2-7/h1-4H,5-6H2;. The largest absolute Gasteiger partial charge is 0.294 e. The third-order valence-electron chi connectivity index (χ3n) is 2.22. The van der Waals surface area contributed by atoms with Gasteiger partial charge < -0.3 is 0 Å². The molecule has 0 bridgehead atoms. The van der Waals surface area contributed by atoms with Crippen molar-refractivity contribution in [1.82, 2.24) is 0 Å². The highest BCUT2D eigenvalue weighted by atomic mass is 35.5. The molecule has 1 aliphatic carbocycles. The Bertz CT molecular complexity index is 496. The fourth-order valence-corrected chi connectivity index (χ4v) is 1.42. The molecular weight excluding hydrogens is 259 g/mol. The molecule has 17 heavy (non-hydrogen) atoms. The minimum absolute atomic E-state index is 0.301. The lowest BCUT2D eigenvalue weighted by atomic mass is 10.1. The molecule has 0 atom stereocenters. The van der Waals surface area contributed by atoms with Gasteiger partial charge >= 0.3 is 0 Å². The Balaban J connectivity index is 0.000000185. The van der Waals surface area contributed by atoms with Gasteiger partial charge in [-0.2, -0.15) is 10.5 Å². The summed E-state index contributed by atoms with van der Waals surface area (Å²) in [6.45, 7) is 0. The third-order valence-corrected chi connectivity index (χ3v) is 2.56. The van der Waals surface area contributed by atoms with Gasteiger partial charge in [-0.05, 0) is 12.0 Å². The van der Waals surface area contributed by atoms with Crippen molar-refractivity contribution in [1.29, 1.82) is 10.5 Å². The molecule has 0 spiro atoms. The summed E-state index contributed by atoms with van der Waals surface area (Å²) in [5.41, 5.74) is 2.15.